The molecule has 0 aliphatic rings. The van der Waals surface area contributed by atoms with E-state index in [0.717, 1.165) is 0 Å². The van der Waals surface area contributed by atoms with Crippen LogP contribution in [0.5, 0.6) is 0 Å². The molecular weight excluding hydrogens is 376 g/mol. The maximum atomic E-state index is 13.0. The number of nitro groups is 1. The normalized spacial score (nSPS) is 13.4. The first kappa shape index (κ1) is 21.9. The Morgan fingerprint density at radius 2 is 1.75 bits per heavy atom. The summed E-state index contributed by atoms with van der Waals surface area (Å²) in [5, 5.41) is 25.0. The number of hydrogen-bond donors (Lipinski definition) is 2. The van der Waals surface area contributed by atoms with Crippen molar-refractivity contribution in [3.05, 3.63) is 69.8 Å². The number of nitrogens with one attached hydrogen (secondary N) is 1. The first-order valence-electron chi connectivity index (χ1n) is 9.19. The highest BCUT2D eigenvalue weighted by molar-refractivity contribution is 8.00. The SMILES string of the molecule is CC(C)Sc1ccc([N+](=O)[O-])cc1C(=O)N[C@H](C(C)C)[C@H](O)c1ccccc1. The molecule has 28 heavy (non-hydrogen) atoms. The van der Waals surface area contributed by atoms with Crippen molar-refractivity contribution < 1.29 is 14.8 Å². The van der Waals surface area contributed by atoms with Crippen LogP contribution < -0.4 is 5.32 Å². The summed E-state index contributed by atoms with van der Waals surface area (Å²) in [6, 6.07) is 12.9. The van der Waals surface area contributed by atoms with Gasteiger partial charge in [0.05, 0.1) is 22.6 Å². The Morgan fingerprint density at radius 1 is 1.11 bits per heavy atom. The van der Waals surface area contributed by atoms with E-state index in [1.807, 2.05) is 45.9 Å². The number of nitro benzene ring substituents is 1. The third kappa shape index (κ3) is 5.56. The molecule has 150 valence electrons. The van der Waals surface area contributed by atoms with Crippen molar-refractivity contribution in [1.29, 1.82) is 0 Å². The Hall–Kier alpha value is -2.38. The summed E-state index contributed by atoms with van der Waals surface area (Å²) in [7, 11) is 0. The average Bonchev–Trinajstić information content (AvgIpc) is 2.65. The standard InChI is InChI=1S/C21H26N2O4S/c1-13(2)19(20(24)15-8-6-5-7-9-15)22-21(25)17-12-16(23(26)27)10-11-18(17)28-14(3)4/h5-14,19-20,24H,1-4H3,(H,22,25)/t19-,20-/m1/s1. The molecular formula is C21H26N2O4S. The molecule has 2 aromatic rings. The molecule has 0 aliphatic heterocycles. The van der Waals surface area contributed by atoms with E-state index in [9.17, 15) is 20.0 Å². The van der Waals surface area contributed by atoms with Gasteiger partial charge in [0.1, 0.15) is 0 Å². The number of aliphatic hydroxyl groups is 1. The number of amides is 1. The predicted octanol–water partition coefficient (Wildman–Crippen LogP) is 4.58. The van der Waals surface area contributed by atoms with Crippen LogP contribution >= 0.6 is 11.8 Å². The first-order valence-corrected chi connectivity index (χ1v) is 10.1. The van der Waals surface area contributed by atoms with Crippen LogP contribution in [-0.4, -0.2) is 27.2 Å². The lowest BCUT2D eigenvalue weighted by Crippen LogP contribution is -2.43. The lowest BCUT2D eigenvalue weighted by molar-refractivity contribution is -0.384. The molecule has 6 nitrogen and oxygen atoms in total. The Kier molecular flexibility index (Phi) is 7.60. The molecule has 0 bridgehead atoms. The van der Waals surface area contributed by atoms with Gasteiger partial charge < -0.3 is 10.4 Å². The highest BCUT2D eigenvalue weighted by atomic mass is 32.2. The number of thioether (sulfide) groups is 1. The minimum atomic E-state index is -0.884. The Morgan fingerprint density at radius 3 is 2.29 bits per heavy atom. The summed E-state index contributed by atoms with van der Waals surface area (Å²) in [5.74, 6) is -0.473. The van der Waals surface area contributed by atoms with Gasteiger partial charge in [-0.05, 0) is 17.5 Å². The van der Waals surface area contributed by atoms with Gasteiger partial charge in [-0.2, -0.15) is 0 Å². The topological polar surface area (TPSA) is 92.5 Å². The third-order valence-electron chi connectivity index (χ3n) is 4.28. The molecule has 1 amide bonds. The van der Waals surface area contributed by atoms with E-state index in [0.29, 0.717) is 10.5 Å². The van der Waals surface area contributed by atoms with E-state index in [1.165, 1.54) is 23.9 Å². The molecule has 2 rings (SSSR count). The van der Waals surface area contributed by atoms with Crippen molar-refractivity contribution in [3.63, 3.8) is 0 Å². The second-order valence-corrected chi connectivity index (χ2v) is 8.82. The molecule has 2 atom stereocenters. The number of nitrogens with zero attached hydrogens (tertiary/aromatic N) is 1. The maximum absolute atomic E-state index is 13.0. The number of carbonyl (C=O) groups excluding carboxylic acids is 1. The van der Waals surface area contributed by atoms with Crippen LogP contribution in [0, 0.1) is 16.0 Å². The summed E-state index contributed by atoms with van der Waals surface area (Å²) < 4.78 is 0. The molecule has 2 aromatic carbocycles. The molecule has 0 spiro atoms. The summed E-state index contributed by atoms with van der Waals surface area (Å²) >= 11 is 1.47. The fraction of sp³-hybridized carbons (Fsp3) is 0.381. The second kappa shape index (κ2) is 9.71. The van der Waals surface area contributed by atoms with Crippen molar-refractivity contribution >= 4 is 23.4 Å². The number of hydrogen-bond acceptors (Lipinski definition) is 5. The Bertz CT molecular complexity index is 824. The Balaban J connectivity index is 2.34. The van der Waals surface area contributed by atoms with Crippen molar-refractivity contribution in [2.75, 3.05) is 0 Å². The zero-order valence-corrected chi connectivity index (χ0v) is 17.3. The van der Waals surface area contributed by atoms with Crippen molar-refractivity contribution in [2.24, 2.45) is 5.92 Å². The van der Waals surface area contributed by atoms with Crippen LogP contribution in [0.3, 0.4) is 0 Å². The minimum absolute atomic E-state index is 0.0425. The second-order valence-electron chi connectivity index (χ2n) is 7.20. The van der Waals surface area contributed by atoms with Crippen molar-refractivity contribution in [3.8, 4) is 0 Å². The summed E-state index contributed by atoms with van der Waals surface area (Å²) in [5.41, 5.74) is 0.819. The van der Waals surface area contributed by atoms with Gasteiger partial charge in [0, 0.05) is 22.3 Å². The monoisotopic (exact) mass is 402 g/mol. The first-order chi connectivity index (χ1) is 13.2. The zero-order valence-electron chi connectivity index (χ0n) is 16.5. The van der Waals surface area contributed by atoms with Crippen LogP contribution in [0.15, 0.2) is 53.4 Å². The lowest BCUT2D eigenvalue weighted by atomic mass is 9.93. The number of benzene rings is 2. The zero-order chi connectivity index (χ0) is 20.8. The highest BCUT2D eigenvalue weighted by Gasteiger charge is 2.28. The summed E-state index contributed by atoms with van der Waals surface area (Å²) in [6.45, 7) is 7.80. The fourth-order valence-corrected chi connectivity index (χ4v) is 3.80. The van der Waals surface area contributed by atoms with Gasteiger partial charge in [-0.1, -0.05) is 58.0 Å². The highest BCUT2D eigenvalue weighted by Crippen LogP contribution is 2.30. The maximum Gasteiger partial charge on any atom is 0.270 e. The largest absolute Gasteiger partial charge is 0.386 e. The van der Waals surface area contributed by atoms with Gasteiger partial charge >= 0.3 is 0 Å². The van der Waals surface area contributed by atoms with E-state index < -0.39 is 23.0 Å². The quantitative estimate of drug-likeness (QED) is 0.383. The summed E-state index contributed by atoms with van der Waals surface area (Å²) in [6.07, 6.45) is -0.884. The smallest absolute Gasteiger partial charge is 0.270 e. The molecule has 0 radical (unpaired) electrons. The molecule has 0 aromatic heterocycles. The number of rotatable bonds is 8. The van der Waals surface area contributed by atoms with Crippen LogP contribution in [0.4, 0.5) is 5.69 Å². The van der Waals surface area contributed by atoms with Crippen LogP contribution in [-0.2, 0) is 0 Å². The summed E-state index contributed by atoms with van der Waals surface area (Å²) in [4.78, 5) is 24.3. The number of carbonyl (C=O) groups is 1. The predicted molar refractivity (Wildman–Crippen MR) is 112 cm³/mol. The van der Waals surface area contributed by atoms with E-state index in [4.69, 9.17) is 0 Å². The van der Waals surface area contributed by atoms with Gasteiger partial charge in [-0.15, -0.1) is 11.8 Å². The van der Waals surface area contributed by atoms with Crippen LogP contribution in [0.25, 0.3) is 0 Å². The molecule has 0 fully saturated rings. The molecule has 0 heterocycles. The molecule has 7 heteroatoms. The van der Waals surface area contributed by atoms with Gasteiger partial charge in [0.15, 0.2) is 0 Å². The van der Waals surface area contributed by atoms with Crippen LogP contribution in [0.2, 0.25) is 0 Å². The fourth-order valence-electron chi connectivity index (χ4n) is 2.86. The van der Waals surface area contributed by atoms with Crippen molar-refractivity contribution in [2.45, 2.75) is 50.0 Å². The van der Waals surface area contributed by atoms with Gasteiger partial charge in [-0.3, -0.25) is 14.9 Å². The molecule has 0 saturated heterocycles. The van der Waals surface area contributed by atoms with E-state index in [2.05, 4.69) is 5.32 Å². The third-order valence-corrected chi connectivity index (χ3v) is 5.36. The molecule has 0 unspecified atom stereocenters. The molecule has 0 saturated carbocycles. The van der Waals surface area contributed by atoms with Crippen molar-refractivity contribution in [1.82, 2.24) is 5.32 Å². The minimum Gasteiger partial charge on any atom is -0.386 e. The van der Waals surface area contributed by atoms with E-state index >= 15 is 0 Å². The van der Waals surface area contributed by atoms with Gasteiger partial charge in [0.25, 0.3) is 11.6 Å². The van der Waals surface area contributed by atoms with Crippen LogP contribution in [0.1, 0.15) is 49.7 Å². The number of aliphatic hydroxyl groups excluding tert-OH is 1. The van der Waals surface area contributed by atoms with E-state index in [-0.39, 0.29) is 22.4 Å². The lowest BCUT2D eigenvalue weighted by Gasteiger charge is -2.28. The molecule has 0 aliphatic carbocycles. The number of non-ortho nitro benzene ring substituents is 1. The van der Waals surface area contributed by atoms with Gasteiger partial charge in [-0.25, -0.2) is 0 Å². The Labute approximate surface area is 169 Å². The molecule has 2 N–H and O–H groups in total. The average molecular weight is 403 g/mol. The van der Waals surface area contributed by atoms with Gasteiger partial charge in [0.2, 0.25) is 0 Å². The van der Waals surface area contributed by atoms with E-state index in [1.54, 1.807) is 18.2 Å².